The van der Waals surface area contributed by atoms with Crippen molar-refractivity contribution in [3.63, 3.8) is 0 Å². The summed E-state index contributed by atoms with van der Waals surface area (Å²) in [7, 11) is 0. The molecule has 0 N–H and O–H groups in total. The zero-order chi connectivity index (χ0) is 35.0. The fourth-order valence-electron chi connectivity index (χ4n) is 7.27. The molecule has 0 aliphatic rings. The minimum absolute atomic E-state index is 0.533. The molecule has 2 heterocycles. The van der Waals surface area contributed by atoms with Crippen molar-refractivity contribution < 1.29 is 0 Å². The van der Waals surface area contributed by atoms with Crippen molar-refractivity contribution in [3.05, 3.63) is 175 Å². The molecule has 0 amide bonds. The third-order valence-corrected chi connectivity index (χ3v) is 10.9. The Hall–Kier alpha value is -6.43. The first kappa shape index (κ1) is 31.5. The van der Waals surface area contributed by atoms with Crippen LogP contribution in [0.15, 0.2) is 179 Å². The van der Waals surface area contributed by atoms with Gasteiger partial charge in [-0.2, -0.15) is 0 Å². The van der Waals surface area contributed by atoms with Crippen molar-refractivity contribution in [2.24, 2.45) is 15.0 Å². The minimum Gasteiger partial charge on any atom is -0.309 e. The van der Waals surface area contributed by atoms with Crippen LogP contribution in [0.5, 0.6) is 0 Å². The summed E-state index contributed by atoms with van der Waals surface area (Å²) in [6.45, 7) is 6.35. The smallest absolute Gasteiger partial charge is 0.160 e. The third kappa shape index (κ3) is 5.62. The summed E-state index contributed by atoms with van der Waals surface area (Å²) in [6.07, 6.45) is 0. The van der Waals surface area contributed by atoms with Gasteiger partial charge in [0.25, 0.3) is 0 Å². The molecule has 7 aromatic carbocycles. The molecule has 0 saturated carbocycles. The van der Waals surface area contributed by atoms with Gasteiger partial charge < -0.3 is 4.57 Å². The second-order valence-electron chi connectivity index (χ2n) is 12.9. The van der Waals surface area contributed by atoms with E-state index in [1.165, 1.54) is 58.7 Å². The molecule has 52 heavy (non-hydrogen) atoms. The molecule has 0 fully saturated rings. The molecule has 0 unspecified atom stereocenters. The number of hydrogen-bond donors (Lipinski definition) is 0. The van der Waals surface area contributed by atoms with Crippen molar-refractivity contribution in [1.29, 1.82) is 0 Å². The lowest BCUT2D eigenvalue weighted by atomic mass is 10.00. The van der Waals surface area contributed by atoms with Gasteiger partial charge in [-0.1, -0.05) is 140 Å². The summed E-state index contributed by atoms with van der Waals surface area (Å²) in [5.74, 6) is 1.19. The Morgan fingerprint density at radius 2 is 1.29 bits per heavy atom. The van der Waals surface area contributed by atoms with E-state index in [4.69, 9.17) is 9.98 Å². The number of hydrogen-bond acceptors (Lipinski definition) is 2. The first-order valence-electron chi connectivity index (χ1n) is 17.4. The number of para-hydroxylation sites is 2. The molecule has 0 aliphatic carbocycles. The van der Waals surface area contributed by atoms with Crippen LogP contribution in [0.1, 0.15) is 18.1 Å². The van der Waals surface area contributed by atoms with E-state index in [1.807, 2.05) is 30.4 Å². The van der Waals surface area contributed by atoms with Crippen LogP contribution < -0.4 is 0 Å². The van der Waals surface area contributed by atoms with E-state index in [-0.39, 0.29) is 0 Å². The molecule has 5 heteroatoms. The van der Waals surface area contributed by atoms with E-state index < -0.39 is 0 Å². The van der Waals surface area contributed by atoms with Crippen molar-refractivity contribution in [2.75, 3.05) is 0 Å². The van der Waals surface area contributed by atoms with Gasteiger partial charge in [0.05, 0.1) is 17.6 Å². The van der Waals surface area contributed by atoms with Crippen LogP contribution in [0, 0.1) is 0 Å². The van der Waals surface area contributed by atoms with Crippen molar-refractivity contribution in [2.45, 2.75) is 13.5 Å². The maximum atomic E-state index is 4.84. The van der Waals surface area contributed by atoms with Crippen LogP contribution in [0.3, 0.4) is 0 Å². The van der Waals surface area contributed by atoms with Crippen molar-refractivity contribution >= 4 is 71.7 Å². The predicted octanol–water partition coefficient (Wildman–Crippen LogP) is 12.6. The first-order chi connectivity index (χ1) is 25.7. The third-order valence-electron chi connectivity index (χ3n) is 9.72. The zero-order valence-electron chi connectivity index (χ0n) is 28.7. The predicted molar refractivity (Wildman–Crippen MR) is 224 cm³/mol. The van der Waals surface area contributed by atoms with Gasteiger partial charge in [0.15, 0.2) is 5.84 Å². The molecule has 0 atom stereocenters. The Balaban J connectivity index is 1.11. The largest absolute Gasteiger partial charge is 0.309 e. The maximum Gasteiger partial charge on any atom is 0.160 e. The average Bonchev–Trinajstić information content (AvgIpc) is 3.76. The maximum absolute atomic E-state index is 4.84. The van der Waals surface area contributed by atoms with Crippen LogP contribution in [0.2, 0.25) is 0 Å². The molecular formula is C47H34N4S. The molecule has 0 radical (unpaired) electrons. The van der Waals surface area contributed by atoms with E-state index >= 15 is 0 Å². The van der Waals surface area contributed by atoms with E-state index in [2.05, 4.69) is 168 Å². The average molecular weight is 687 g/mol. The highest BCUT2D eigenvalue weighted by Gasteiger charge is 2.19. The topological polar surface area (TPSA) is 42.0 Å². The summed E-state index contributed by atoms with van der Waals surface area (Å²) < 4.78 is 4.99. The number of thiophene rings is 1. The summed E-state index contributed by atoms with van der Waals surface area (Å²) in [5.41, 5.74) is 10.2. The fraction of sp³-hybridized carbons (Fsp3) is 0.0426. The summed E-state index contributed by atoms with van der Waals surface area (Å²) >= 11 is 1.86. The molecular weight excluding hydrogens is 653 g/mol. The van der Waals surface area contributed by atoms with E-state index in [0.29, 0.717) is 18.2 Å². The highest BCUT2D eigenvalue weighted by molar-refractivity contribution is 7.26. The van der Waals surface area contributed by atoms with Crippen LogP contribution in [0.4, 0.5) is 0 Å². The summed E-state index contributed by atoms with van der Waals surface area (Å²) in [5, 5.41) is 5.02. The van der Waals surface area contributed by atoms with Gasteiger partial charge >= 0.3 is 0 Å². The van der Waals surface area contributed by atoms with Gasteiger partial charge in [0.1, 0.15) is 5.84 Å². The lowest BCUT2D eigenvalue weighted by molar-refractivity contribution is 1.06. The molecule has 0 aliphatic heterocycles. The van der Waals surface area contributed by atoms with E-state index in [1.54, 1.807) is 0 Å². The van der Waals surface area contributed by atoms with Gasteiger partial charge in [-0.25, -0.2) is 9.98 Å². The number of nitrogens with zero attached hydrogens (tertiary/aromatic N) is 4. The Kier molecular flexibility index (Phi) is 8.11. The van der Waals surface area contributed by atoms with E-state index in [0.717, 1.165) is 22.3 Å². The highest BCUT2D eigenvalue weighted by atomic mass is 32.1. The standard InChI is InChI=1S/C47H34N4S/c1-31(49-30-32-25-27-34(28-26-32)33-13-4-3-5-14-33)50-47(48-2)35-15-10-16-36(29-35)51-43-23-8-6-17-37(43)39-19-11-20-40(45(39)51)42-22-12-21-41-38-18-7-9-24-44(38)52-46(41)42/h3-29H,2,30H2,1H3. The van der Waals surface area contributed by atoms with Gasteiger partial charge in [-0.3, -0.25) is 4.99 Å². The van der Waals surface area contributed by atoms with Crippen molar-refractivity contribution in [1.82, 2.24) is 4.57 Å². The molecule has 9 rings (SSSR count). The Morgan fingerprint density at radius 3 is 2.12 bits per heavy atom. The normalized spacial score (nSPS) is 12.3. The number of aliphatic imine (C=N–C) groups is 3. The van der Waals surface area contributed by atoms with Crippen molar-refractivity contribution in [3.8, 4) is 27.9 Å². The minimum atomic E-state index is 0.533. The van der Waals surface area contributed by atoms with E-state index in [9.17, 15) is 0 Å². The molecule has 248 valence electrons. The van der Waals surface area contributed by atoms with Gasteiger partial charge in [-0.05, 0) is 54.6 Å². The second kappa shape index (κ2) is 13.4. The number of fused-ring (bicyclic) bond motifs is 6. The molecule has 0 saturated heterocycles. The number of amidine groups is 2. The first-order valence-corrected chi connectivity index (χ1v) is 18.2. The second-order valence-corrected chi connectivity index (χ2v) is 14.0. The van der Waals surface area contributed by atoms with Gasteiger partial charge in [0, 0.05) is 53.3 Å². The quantitative estimate of drug-likeness (QED) is 0.123. The van der Waals surface area contributed by atoms with Crippen LogP contribution in [0.25, 0.3) is 69.9 Å². The number of rotatable bonds is 6. The Labute approximate surface area is 306 Å². The monoisotopic (exact) mass is 686 g/mol. The summed E-state index contributed by atoms with van der Waals surface area (Å²) in [6, 6.07) is 58.1. The number of benzene rings is 7. The lowest BCUT2D eigenvalue weighted by Gasteiger charge is -2.13. The molecule has 0 bridgehead atoms. The van der Waals surface area contributed by atoms with Crippen LogP contribution in [-0.2, 0) is 6.54 Å². The molecule has 2 aromatic heterocycles. The van der Waals surface area contributed by atoms with Gasteiger partial charge in [0.2, 0.25) is 0 Å². The SMILES string of the molecule is C=NC(=NC(C)=NCc1ccc(-c2ccccc2)cc1)c1cccc(-n2c3ccccc3c3cccc(-c4cccc5c4sc4ccccc45)c32)c1. The summed E-state index contributed by atoms with van der Waals surface area (Å²) in [4.78, 5) is 14.0. The number of aromatic nitrogens is 1. The van der Waals surface area contributed by atoms with Gasteiger partial charge in [-0.15, -0.1) is 11.3 Å². The fourth-order valence-corrected chi connectivity index (χ4v) is 8.50. The van der Waals surface area contributed by atoms with Crippen LogP contribution in [-0.4, -0.2) is 23.0 Å². The molecule has 9 aromatic rings. The highest BCUT2D eigenvalue weighted by Crippen LogP contribution is 2.44. The molecule has 0 spiro atoms. The Bertz CT molecular complexity index is 2840. The Morgan fingerprint density at radius 1 is 0.615 bits per heavy atom. The zero-order valence-corrected chi connectivity index (χ0v) is 29.5. The van der Waals surface area contributed by atoms with Crippen LogP contribution >= 0.6 is 11.3 Å². The lowest BCUT2D eigenvalue weighted by Crippen LogP contribution is -2.03. The molecule has 4 nitrogen and oxygen atoms in total.